The Bertz CT molecular complexity index is 1020. The number of nitrogens with zero attached hydrogens (tertiary/aromatic N) is 3. The van der Waals surface area contributed by atoms with Gasteiger partial charge in [-0.05, 0) is 63.4 Å². The smallest absolute Gasteiger partial charge is 0.241 e. The monoisotopic (exact) mass is 452 g/mol. The molecule has 1 N–H and O–H groups in total. The van der Waals surface area contributed by atoms with Crippen LogP contribution in [0.4, 0.5) is 0 Å². The van der Waals surface area contributed by atoms with E-state index in [0.717, 1.165) is 44.3 Å². The minimum atomic E-state index is 0.0618. The van der Waals surface area contributed by atoms with E-state index >= 15 is 0 Å². The molecule has 7 heteroatoms. The van der Waals surface area contributed by atoms with Gasteiger partial charge in [-0.25, -0.2) is 0 Å². The number of nitrogens with one attached hydrogen (secondary N) is 1. The molecular weight excluding hydrogens is 424 g/mol. The van der Waals surface area contributed by atoms with Crippen LogP contribution in [0.15, 0.2) is 59.1 Å². The van der Waals surface area contributed by atoms with E-state index in [4.69, 9.17) is 16.1 Å². The Labute approximate surface area is 194 Å². The van der Waals surface area contributed by atoms with E-state index in [2.05, 4.69) is 51.5 Å². The van der Waals surface area contributed by atoms with Crippen LogP contribution in [0.3, 0.4) is 0 Å². The summed E-state index contributed by atoms with van der Waals surface area (Å²) in [7, 11) is 0. The van der Waals surface area contributed by atoms with E-state index in [-0.39, 0.29) is 17.9 Å². The summed E-state index contributed by atoms with van der Waals surface area (Å²) >= 11 is 6.22. The third-order valence-electron chi connectivity index (χ3n) is 6.00. The molecule has 1 saturated heterocycles. The van der Waals surface area contributed by atoms with Gasteiger partial charge >= 0.3 is 0 Å². The summed E-state index contributed by atoms with van der Waals surface area (Å²) in [5.74, 6) is 1.30. The maximum absolute atomic E-state index is 12.7. The Morgan fingerprint density at radius 3 is 2.62 bits per heavy atom. The van der Waals surface area contributed by atoms with Gasteiger partial charge in [-0.15, -0.1) is 0 Å². The molecule has 0 spiro atoms. The zero-order valence-corrected chi connectivity index (χ0v) is 19.1. The molecule has 2 heterocycles. The number of halogens is 1. The molecule has 1 aliphatic heterocycles. The summed E-state index contributed by atoms with van der Waals surface area (Å²) in [6, 6.07) is 18.0. The third kappa shape index (κ3) is 5.96. The lowest BCUT2D eigenvalue weighted by Gasteiger charge is -2.30. The molecule has 1 aliphatic rings. The second-order valence-electron chi connectivity index (χ2n) is 8.48. The first kappa shape index (κ1) is 22.5. The minimum Gasteiger partial charge on any atom is -0.353 e. The van der Waals surface area contributed by atoms with Crippen LogP contribution in [-0.4, -0.2) is 40.1 Å². The molecule has 2 aromatic carbocycles. The number of aryl methyl sites for hydroxylation is 1. The van der Waals surface area contributed by atoms with Crippen molar-refractivity contribution in [2.45, 2.75) is 45.2 Å². The van der Waals surface area contributed by atoms with Gasteiger partial charge in [0.25, 0.3) is 0 Å². The van der Waals surface area contributed by atoms with Crippen molar-refractivity contribution in [3.8, 4) is 11.4 Å². The number of amides is 1. The van der Waals surface area contributed by atoms with E-state index in [1.54, 1.807) is 0 Å². The Balaban J connectivity index is 1.21. The number of carbonyl (C=O) groups excluding carboxylic acids is 1. The van der Waals surface area contributed by atoms with Crippen LogP contribution in [-0.2, 0) is 17.8 Å². The highest BCUT2D eigenvalue weighted by Crippen LogP contribution is 2.25. The van der Waals surface area contributed by atoms with Crippen molar-refractivity contribution >= 4 is 17.5 Å². The first-order valence-electron chi connectivity index (χ1n) is 11.2. The summed E-state index contributed by atoms with van der Waals surface area (Å²) < 4.78 is 5.43. The van der Waals surface area contributed by atoms with Gasteiger partial charge in [-0.3, -0.25) is 9.69 Å². The van der Waals surface area contributed by atoms with Crippen LogP contribution in [0.1, 0.15) is 37.6 Å². The average Bonchev–Trinajstić information content (AvgIpc) is 3.27. The Morgan fingerprint density at radius 1 is 1.16 bits per heavy atom. The quantitative estimate of drug-likeness (QED) is 0.534. The minimum absolute atomic E-state index is 0.0618. The second kappa shape index (κ2) is 10.7. The number of hydrogen-bond donors (Lipinski definition) is 1. The lowest BCUT2D eigenvalue weighted by molar-refractivity contribution is -0.127. The van der Waals surface area contributed by atoms with Crippen molar-refractivity contribution in [3.63, 3.8) is 0 Å². The van der Waals surface area contributed by atoms with Gasteiger partial charge in [0.05, 0.1) is 11.6 Å². The molecule has 0 saturated carbocycles. The molecular formula is C25H29ClN4O2. The van der Waals surface area contributed by atoms with Gasteiger partial charge < -0.3 is 9.84 Å². The molecule has 32 heavy (non-hydrogen) atoms. The lowest BCUT2D eigenvalue weighted by atomic mass is 9.95. The zero-order valence-electron chi connectivity index (χ0n) is 18.3. The number of hydrogen-bond acceptors (Lipinski definition) is 5. The average molecular weight is 453 g/mol. The summed E-state index contributed by atoms with van der Waals surface area (Å²) in [5.41, 5.74) is 2.07. The Hall–Kier alpha value is -2.70. The molecule has 0 aliphatic carbocycles. The van der Waals surface area contributed by atoms with E-state index < -0.39 is 0 Å². The summed E-state index contributed by atoms with van der Waals surface area (Å²) in [4.78, 5) is 19.4. The highest BCUT2D eigenvalue weighted by atomic mass is 35.5. The number of carbonyl (C=O) groups is 1. The van der Waals surface area contributed by atoms with Gasteiger partial charge in [0.15, 0.2) is 0 Å². The normalized spacial score (nSPS) is 16.1. The SMILES string of the molecule is CC(CCc1ccccc1)NC(=O)C1CCN(Cc2nc(-c3ccccc3Cl)no2)CC1. The maximum Gasteiger partial charge on any atom is 0.241 e. The van der Waals surface area contributed by atoms with Crippen LogP contribution in [0.2, 0.25) is 5.02 Å². The first-order chi connectivity index (χ1) is 15.6. The fraction of sp³-hybridized carbons (Fsp3) is 0.400. The lowest BCUT2D eigenvalue weighted by Crippen LogP contribution is -2.43. The number of aromatic nitrogens is 2. The number of piperidine rings is 1. The number of likely N-dealkylation sites (tertiary alicyclic amines) is 1. The molecule has 1 aromatic heterocycles. The van der Waals surface area contributed by atoms with Gasteiger partial charge in [0.2, 0.25) is 17.6 Å². The summed E-state index contributed by atoms with van der Waals surface area (Å²) in [6.45, 7) is 4.34. The molecule has 1 unspecified atom stereocenters. The van der Waals surface area contributed by atoms with Crippen LogP contribution in [0.5, 0.6) is 0 Å². The van der Waals surface area contributed by atoms with Crippen LogP contribution >= 0.6 is 11.6 Å². The fourth-order valence-corrected chi connectivity index (χ4v) is 4.30. The number of benzene rings is 2. The molecule has 1 amide bonds. The van der Waals surface area contributed by atoms with E-state index in [1.807, 2.05) is 30.3 Å². The largest absolute Gasteiger partial charge is 0.353 e. The Kier molecular flexibility index (Phi) is 7.55. The number of rotatable bonds is 8. The van der Waals surface area contributed by atoms with Crippen LogP contribution in [0.25, 0.3) is 11.4 Å². The molecule has 4 rings (SSSR count). The molecule has 168 valence electrons. The van der Waals surface area contributed by atoms with E-state index in [9.17, 15) is 4.79 Å². The van der Waals surface area contributed by atoms with Crippen molar-refractivity contribution in [1.29, 1.82) is 0 Å². The van der Waals surface area contributed by atoms with Crippen molar-refractivity contribution in [3.05, 3.63) is 71.1 Å². The zero-order chi connectivity index (χ0) is 22.3. The van der Waals surface area contributed by atoms with Gasteiger partial charge in [-0.2, -0.15) is 4.98 Å². The Morgan fingerprint density at radius 2 is 1.88 bits per heavy atom. The predicted molar refractivity (Wildman–Crippen MR) is 125 cm³/mol. The molecule has 6 nitrogen and oxygen atoms in total. The fourth-order valence-electron chi connectivity index (χ4n) is 4.08. The molecule has 3 aromatic rings. The molecule has 1 fully saturated rings. The molecule has 1 atom stereocenters. The standard InChI is InChI=1S/C25H29ClN4O2/c1-18(11-12-19-7-3-2-4-8-19)27-25(31)20-13-15-30(16-14-20)17-23-28-24(29-32-23)21-9-5-6-10-22(21)26/h2-10,18,20H,11-17H2,1H3,(H,27,31). The van der Waals surface area contributed by atoms with Gasteiger partial charge in [0.1, 0.15) is 0 Å². The maximum atomic E-state index is 12.7. The van der Waals surface area contributed by atoms with Crippen LogP contribution < -0.4 is 5.32 Å². The molecule has 0 bridgehead atoms. The second-order valence-corrected chi connectivity index (χ2v) is 8.88. The van der Waals surface area contributed by atoms with Gasteiger partial charge in [-0.1, -0.05) is 59.2 Å². The summed E-state index contributed by atoms with van der Waals surface area (Å²) in [6.07, 6.45) is 3.59. The van der Waals surface area contributed by atoms with E-state index in [1.165, 1.54) is 5.56 Å². The first-order valence-corrected chi connectivity index (χ1v) is 11.6. The van der Waals surface area contributed by atoms with Crippen LogP contribution in [0, 0.1) is 5.92 Å². The molecule has 0 radical (unpaired) electrons. The van der Waals surface area contributed by atoms with Crippen molar-refractivity contribution in [1.82, 2.24) is 20.4 Å². The highest BCUT2D eigenvalue weighted by Gasteiger charge is 2.26. The summed E-state index contributed by atoms with van der Waals surface area (Å²) in [5, 5.41) is 7.87. The topological polar surface area (TPSA) is 71.3 Å². The van der Waals surface area contributed by atoms with Crippen molar-refractivity contribution in [2.24, 2.45) is 5.92 Å². The highest BCUT2D eigenvalue weighted by molar-refractivity contribution is 6.33. The van der Waals surface area contributed by atoms with E-state index in [0.29, 0.717) is 23.3 Å². The third-order valence-corrected chi connectivity index (χ3v) is 6.33. The van der Waals surface area contributed by atoms with Crippen molar-refractivity contribution in [2.75, 3.05) is 13.1 Å². The van der Waals surface area contributed by atoms with Gasteiger partial charge in [0, 0.05) is 17.5 Å². The predicted octanol–water partition coefficient (Wildman–Crippen LogP) is 4.74. The van der Waals surface area contributed by atoms with Crippen molar-refractivity contribution < 1.29 is 9.32 Å².